The summed E-state index contributed by atoms with van der Waals surface area (Å²) in [5.41, 5.74) is 2.64. The van der Waals surface area contributed by atoms with E-state index < -0.39 is 11.7 Å². The molecular formula is C26H32N6O3. The molecule has 2 atom stereocenters. The molecule has 35 heavy (non-hydrogen) atoms. The molecule has 0 spiro atoms. The number of amides is 2. The van der Waals surface area contributed by atoms with E-state index in [1.165, 1.54) is 0 Å². The normalized spacial score (nSPS) is 19.2. The molecule has 2 amide bonds. The van der Waals surface area contributed by atoms with Crippen molar-refractivity contribution in [2.75, 3.05) is 10.6 Å². The molecule has 0 saturated heterocycles. The maximum absolute atomic E-state index is 12.6. The topological polar surface area (TPSA) is 128 Å². The summed E-state index contributed by atoms with van der Waals surface area (Å²) < 4.78 is 5.45. The summed E-state index contributed by atoms with van der Waals surface area (Å²) in [6.07, 6.45) is 3.11. The zero-order valence-electron chi connectivity index (χ0n) is 20.6. The maximum atomic E-state index is 12.6. The Hall–Kier alpha value is -3.80. The number of hydrogen-bond acceptors (Lipinski definition) is 7. The summed E-state index contributed by atoms with van der Waals surface area (Å²) in [4.78, 5) is 29.8. The Morgan fingerprint density at radius 2 is 1.94 bits per heavy atom. The molecule has 4 rings (SSSR count). The van der Waals surface area contributed by atoms with Crippen molar-refractivity contribution in [2.45, 2.75) is 77.6 Å². The van der Waals surface area contributed by atoms with Crippen molar-refractivity contribution in [1.82, 2.24) is 15.6 Å². The van der Waals surface area contributed by atoms with Crippen molar-refractivity contribution >= 4 is 29.3 Å². The minimum absolute atomic E-state index is 0.134. The number of fused-ring (bicyclic) bond motifs is 1. The Labute approximate surface area is 205 Å². The van der Waals surface area contributed by atoms with E-state index in [0.29, 0.717) is 28.3 Å². The second kappa shape index (κ2) is 9.82. The van der Waals surface area contributed by atoms with Gasteiger partial charge in [-0.1, -0.05) is 25.0 Å². The number of alkyl carbamates (subject to hydrolysis) is 1. The SMILES string of the molecule is Cc1cccc(Nc2nc(N[C@@H]3CCCC[C@@H]3NC(=O)OC(C)(C)C)c(C#N)c3c2C(=O)NC3)c1. The van der Waals surface area contributed by atoms with Gasteiger partial charge in [0.25, 0.3) is 5.91 Å². The lowest BCUT2D eigenvalue weighted by molar-refractivity contribution is 0.0488. The van der Waals surface area contributed by atoms with Gasteiger partial charge in [-0.05, 0) is 58.2 Å². The van der Waals surface area contributed by atoms with E-state index >= 15 is 0 Å². The van der Waals surface area contributed by atoms with Gasteiger partial charge in [0.1, 0.15) is 28.9 Å². The lowest BCUT2D eigenvalue weighted by atomic mass is 9.90. The molecule has 1 saturated carbocycles. The number of pyridine rings is 1. The largest absolute Gasteiger partial charge is 0.444 e. The van der Waals surface area contributed by atoms with Crippen LogP contribution in [0.15, 0.2) is 24.3 Å². The molecule has 9 heteroatoms. The molecule has 9 nitrogen and oxygen atoms in total. The van der Waals surface area contributed by atoms with Crippen LogP contribution in [0.1, 0.15) is 73.5 Å². The van der Waals surface area contributed by atoms with Gasteiger partial charge in [0.2, 0.25) is 0 Å². The average Bonchev–Trinajstić information content (AvgIpc) is 3.16. The van der Waals surface area contributed by atoms with Gasteiger partial charge in [-0.3, -0.25) is 4.79 Å². The van der Waals surface area contributed by atoms with E-state index in [1.807, 2.05) is 52.0 Å². The van der Waals surface area contributed by atoms with Gasteiger partial charge in [0.15, 0.2) is 0 Å². The third-order valence-corrected chi connectivity index (χ3v) is 6.14. The van der Waals surface area contributed by atoms with Gasteiger partial charge in [-0.25, -0.2) is 9.78 Å². The van der Waals surface area contributed by atoms with Crippen LogP contribution in [0.2, 0.25) is 0 Å². The van der Waals surface area contributed by atoms with E-state index in [2.05, 4.69) is 27.3 Å². The summed E-state index contributed by atoms with van der Waals surface area (Å²) >= 11 is 0. The van der Waals surface area contributed by atoms with Gasteiger partial charge in [0, 0.05) is 23.8 Å². The summed E-state index contributed by atoms with van der Waals surface area (Å²) in [7, 11) is 0. The molecule has 4 N–H and O–H groups in total. The molecule has 2 aromatic rings. The van der Waals surface area contributed by atoms with E-state index in [0.717, 1.165) is 36.9 Å². The van der Waals surface area contributed by atoms with Gasteiger partial charge in [-0.2, -0.15) is 5.26 Å². The van der Waals surface area contributed by atoms with Crippen molar-refractivity contribution in [3.8, 4) is 6.07 Å². The first kappa shape index (κ1) is 24.3. The molecule has 0 radical (unpaired) electrons. The molecule has 2 aliphatic rings. The summed E-state index contributed by atoms with van der Waals surface area (Å²) in [5, 5.41) is 22.5. The number of benzene rings is 1. The molecule has 2 heterocycles. The van der Waals surface area contributed by atoms with Crippen LogP contribution in [-0.4, -0.2) is 34.7 Å². The number of ether oxygens (including phenoxy) is 1. The number of hydrogen-bond donors (Lipinski definition) is 4. The second-order valence-electron chi connectivity index (χ2n) is 10.1. The third kappa shape index (κ3) is 5.65. The average molecular weight is 477 g/mol. The number of aryl methyl sites for hydroxylation is 1. The zero-order valence-corrected chi connectivity index (χ0v) is 20.6. The summed E-state index contributed by atoms with van der Waals surface area (Å²) in [6, 6.07) is 9.71. The lowest BCUT2D eigenvalue weighted by Gasteiger charge is -2.34. The Morgan fingerprint density at radius 3 is 2.63 bits per heavy atom. The van der Waals surface area contributed by atoms with Gasteiger partial charge < -0.3 is 26.0 Å². The van der Waals surface area contributed by atoms with Gasteiger partial charge in [0.05, 0.1) is 11.6 Å². The molecule has 1 fully saturated rings. The van der Waals surface area contributed by atoms with Crippen molar-refractivity contribution < 1.29 is 14.3 Å². The summed E-state index contributed by atoms with van der Waals surface area (Å²) in [6.45, 7) is 7.74. The number of nitriles is 1. The molecule has 1 aliphatic carbocycles. The van der Waals surface area contributed by atoms with Crippen LogP contribution in [0.3, 0.4) is 0 Å². The predicted molar refractivity (Wildman–Crippen MR) is 134 cm³/mol. The number of aromatic nitrogens is 1. The number of carbonyl (C=O) groups excluding carboxylic acids is 2. The molecule has 1 aliphatic heterocycles. The minimum atomic E-state index is -0.590. The predicted octanol–water partition coefficient (Wildman–Crippen LogP) is 4.50. The third-order valence-electron chi connectivity index (χ3n) is 6.14. The van der Waals surface area contributed by atoms with Crippen LogP contribution >= 0.6 is 0 Å². The van der Waals surface area contributed by atoms with Crippen LogP contribution in [0.25, 0.3) is 0 Å². The van der Waals surface area contributed by atoms with Crippen LogP contribution in [0.4, 0.5) is 22.1 Å². The van der Waals surface area contributed by atoms with Gasteiger partial charge >= 0.3 is 6.09 Å². The quantitative estimate of drug-likeness (QED) is 0.500. The van der Waals surface area contributed by atoms with Crippen LogP contribution in [-0.2, 0) is 11.3 Å². The highest BCUT2D eigenvalue weighted by Gasteiger charge is 2.33. The highest BCUT2D eigenvalue weighted by Crippen LogP contribution is 2.33. The Bertz CT molecular complexity index is 1180. The number of rotatable bonds is 5. The first-order valence-electron chi connectivity index (χ1n) is 12.0. The first-order chi connectivity index (χ1) is 16.6. The fraction of sp³-hybridized carbons (Fsp3) is 0.462. The first-order valence-corrected chi connectivity index (χ1v) is 12.0. The molecule has 1 aromatic heterocycles. The zero-order chi connectivity index (χ0) is 25.2. The van der Waals surface area contributed by atoms with Crippen molar-refractivity contribution in [1.29, 1.82) is 5.26 Å². The standard InChI is InChI=1S/C26H32N6O3/c1-15-8-7-9-16(12-15)29-23-21-18(14-28-24(21)33)17(13-27)22(32-23)30-19-10-5-6-11-20(19)31-25(34)35-26(2,3)4/h7-9,12,19-20H,5-6,10-11,14H2,1-4H3,(H,28,33)(H,31,34)(H2,29,30,32)/t19-,20+/m1/s1. The number of anilines is 3. The van der Waals surface area contributed by atoms with E-state index in [1.54, 1.807) is 0 Å². The monoisotopic (exact) mass is 476 g/mol. The Kier molecular flexibility index (Phi) is 6.83. The lowest BCUT2D eigenvalue weighted by Crippen LogP contribution is -2.50. The molecule has 0 bridgehead atoms. The van der Waals surface area contributed by atoms with E-state index in [9.17, 15) is 14.9 Å². The van der Waals surface area contributed by atoms with Crippen molar-refractivity contribution in [3.05, 3.63) is 46.5 Å². The second-order valence-corrected chi connectivity index (χ2v) is 10.1. The smallest absolute Gasteiger partial charge is 0.407 e. The number of carbonyl (C=O) groups is 2. The Morgan fingerprint density at radius 1 is 1.20 bits per heavy atom. The highest BCUT2D eigenvalue weighted by molar-refractivity contribution is 6.04. The highest BCUT2D eigenvalue weighted by atomic mass is 16.6. The molecular weight excluding hydrogens is 444 g/mol. The van der Waals surface area contributed by atoms with E-state index in [4.69, 9.17) is 9.72 Å². The maximum Gasteiger partial charge on any atom is 0.407 e. The molecule has 0 unspecified atom stereocenters. The number of nitrogens with zero attached hydrogens (tertiary/aromatic N) is 2. The molecule has 1 aromatic carbocycles. The van der Waals surface area contributed by atoms with E-state index in [-0.39, 0.29) is 24.5 Å². The van der Waals surface area contributed by atoms with Crippen LogP contribution in [0, 0.1) is 18.3 Å². The summed E-state index contributed by atoms with van der Waals surface area (Å²) in [5.74, 6) is 0.545. The minimum Gasteiger partial charge on any atom is -0.444 e. The van der Waals surface area contributed by atoms with Crippen LogP contribution < -0.4 is 21.3 Å². The fourth-order valence-corrected chi connectivity index (χ4v) is 4.60. The van der Waals surface area contributed by atoms with Crippen molar-refractivity contribution in [3.63, 3.8) is 0 Å². The number of nitrogens with one attached hydrogen (secondary N) is 4. The van der Waals surface area contributed by atoms with Crippen molar-refractivity contribution in [2.24, 2.45) is 0 Å². The Balaban J connectivity index is 1.65. The molecule has 184 valence electrons. The van der Waals surface area contributed by atoms with Crippen LogP contribution in [0.5, 0.6) is 0 Å². The van der Waals surface area contributed by atoms with Gasteiger partial charge in [-0.15, -0.1) is 0 Å². The fourth-order valence-electron chi connectivity index (χ4n) is 4.60.